The molecule has 0 aliphatic rings. The summed E-state index contributed by atoms with van der Waals surface area (Å²) < 4.78 is 12.8. The van der Waals surface area contributed by atoms with Crippen LogP contribution in [0.3, 0.4) is 0 Å². The van der Waals surface area contributed by atoms with E-state index in [1.807, 2.05) is 0 Å². The Hall–Kier alpha value is -2.01. The molecule has 0 aliphatic heterocycles. The van der Waals surface area contributed by atoms with Crippen LogP contribution >= 0.6 is 11.6 Å². The van der Waals surface area contributed by atoms with Crippen molar-refractivity contribution in [2.24, 2.45) is 0 Å². The van der Waals surface area contributed by atoms with Gasteiger partial charge in [0.05, 0.1) is 12.6 Å². The number of benzene rings is 1. The van der Waals surface area contributed by atoms with Crippen LogP contribution in [0.5, 0.6) is 0 Å². The van der Waals surface area contributed by atoms with Crippen LogP contribution < -0.4 is 5.32 Å². The largest absolute Gasteiger partial charge is 0.309 e. The fourth-order valence-corrected chi connectivity index (χ4v) is 1.62. The van der Waals surface area contributed by atoms with Crippen molar-refractivity contribution in [3.05, 3.63) is 53.2 Å². The summed E-state index contributed by atoms with van der Waals surface area (Å²) in [4.78, 5) is 19.4. The number of halogens is 2. The van der Waals surface area contributed by atoms with Crippen molar-refractivity contribution in [3.63, 3.8) is 0 Å². The second kappa shape index (κ2) is 5.55. The van der Waals surface area contributed by atoms with E-state index < -0.39 is 5.82 Å². The molecule has 1 heterocycles. The Morgan fingerprint density at radius 2 is 2.22 bits per heavy atom. The van der Waals surface area contributed by atoms with Crippen LogP contribution in [0.1, 0.15) is 5.56 Å². The molecule has 0 radical (unpaired) electrons. The third kappa shape index (κ3) is 3.24. The van der Waals surface area contributed by atoms with Gasteiger partial charge in [-0.15, -0.1) is 0 Å². The molecule has 92 valence electrons. The van der Waals surface area contributed by atoms with Gasteiger partial charge in [-0.25, -0.2) is 9.37 Å². The van der Waals surface area contributed by atoms with Crippen LogP contribution in [0.15, 0.2) is 36.8 Å². The molecule has 0 bridgehead atoms. The average Bonchev–Trinajstić information content (AvgIpc) is 2.34. The highest BCUT2D eigenvalue weighted by Gasteiger charge is 2.08. The molecule has 18 heavy (non-hydrogen) atoms. The first-order valence-electron chi connectivity index (χ1n) is 5.15. The van der Waals surface area contributed by atoms with Gasteiger partial charge in [-0.1, -0.05) is 17.7 Å². The summed E-state index contributed by atoms with van der Waals surface area (Å²) in [6, 6.07) is 3.91. The topological polar surface area (TPSA) is 54.9 Å². The van der Waals surface area contributed by atoms with E-state index in [1.54, 1.807) is 0 Å². The Labute approximate surface area is 108 Å². The molecule has 2 aromatic rings. The van der Waals surface area contributed by atoms with Crippen molar-refractivity contribution in [2.75, 3.05) is 5.32 Å². The summed E-state index contributed by atoms with van der Waals surface area (Å²) >= 11 is 5.83. The van der Waals surface area contributed by atoms with Gasteiger partial charge in [-0.05, 0) is 17.7 Å². The van der Waals surface area contributed by atoms with Crippen LogP contribution in [0.2, 0.25) is 5.02 Å². The molecule has 1 N–H and O–H groups in total. The number of aromatic nitrogens is 2. The normalized spacial score (nSPS) is 10.1. The number of carbonyl (C=O) groups excluding carboxylic acids is 1. The van der Waals surface area contributed by atoms with Crippen molar-refractivity contribution in [1.29, 1.82) is 0 Å². The monoisotopic (exact) mass is 265 g/mol. The lowest BCUT2D eigenvalue weighted by molar-refractivity contribution is -0.115. The van der Waals surface area contributed by atoms with E-state index in [2.05, 4.69) is 15.3 Å². The van der Waals surface area contributed by atoms with E-state index in [-0.39, 0.29) is 17.4 Å². The van der Waals surface area contributed by atoms with E-state index in [0.717, 1.165) is 0 Å². The Morgan fingerprint density at radius 3 is 2.89 bits per heavy atom. The molecule has 1 aromatic carbocycles. The maximum absolute atomic E-state index is 12.8. The molecule has 0 aliphatic carbocycles. The Kier molecular flexibility index (Phi) is 3.84. The van der Waals surface area contributed by atoms with E-state index >= 15 is 0 Å². The summed E-state index contributed by atoms with van der Waals surface area (Å²) in [5, 5.41) is 2.79. The molecule has 1 aromatic heterocycles. The smallest absolute Gasteiger partial charge is 0.230 e. The predicted molar refractivity (Wildman–Crippen MR) is 65.8 cm³/mol. The lowest BCUT2D eigenvalue weighted by Crippen LogP contribution is -2.15. The molecule has 1 amide bonds. The van der Waals surface area contributed by atoms with Gasteiger partial charge in [0.2, 0.25) is 5.91 Å². The molecule has 0 spiro atoms. The van der Waals surface area contributed by atoms with Crippen LogP contribution in [0.25, 0.3) is 0 Å². The minimum atomic E-state index is -0.432. The molecule has 0 saturated heterocycles. The van der Waals surface area contributed by atoms with Crippen LogP contribution in [0, 0.1) is 5.82 Å². The number of hydrogen-bond acceptors (Lipinski definition) is 3. The highest BCUT2D eigenvalue weighted by Crippen LogP contribution is 2.18. The predicted octanol–water partition coefficient (Wildman–Crippen LogP) is 2.45. The van der Waals surface area contributed by atoms with Crippen LogP contribution in [0.4, 0.5) is 10.2 Å². The van der Waals surface area contributed by atoms with Gasteiger partial charge in [-0.3, -0.25) is 9.78 Å². The SMILES string of the molecule is O=C(Cc1ccc(F)cc1Cl)Nc1cnccn1. The molecule has 4 nitrogen and oxygen atoms in total. The zero-order valence-corrected chi connectivity index (χ0v) is 9.99. The minimum Gasteiger partial charge on any atom is -0.309 e. The number of nitrogens with one attached hydrogen (secondary N) is 1. The van der Waals surface area contributed by atoms with E-state index in [4.69, 9.17) is 11.6 Å². The zero-order chi connectivity index (χ0) is 13.0. The maximum atomic E-state index is 12.8. The average molecular weight is 266 g/mol. The minimum absolute atomic E-state index is 0.0513. The fraction of sp³-hybridized carbons (Fsp3) is 0.0833. The first kappa shape index (κ1) is 12.4. The Balaban J connectivity index is 2.03. The zero-order valence-electron chi connectivity index (χ0n) is 9.23. The number of hydrogen-bond donors (Lipinski definition) is 1. The standard InChI is InChI=1S/C12H9ClFN3O/c13-10-6-9(14)2-1-8(10)5-12(18)17-11-7-15-3-4-16-11/h1-4,6-7H,5H2,(H,16,17,18). The van der Waals surface area contributed by atoms with Gasteiger partial charge >= 0.3 is 0 Å². The second-order valence-electron chi connectivity index (χ2n) is 3.55. The van der Waals surface area contributed by atoms with Crippen molar-refractivity contribution in [1.82, 2.24) is 9.97 Å². The van der Waals surface area contributed by atoms with Crippen LogP contribution in [-0.2, 0) is 11.2 Å². The molecule has 0 atom stereocenters. The third-order valence-corrected chi connectivity index (χ3v) is 2.55. The molecule has 6 heteroatoms. The number of amides is 1. The molecule has 2 rings (SSSR count). The third-order valence-electron chi connectivity index (χ3n) is 2.20. The first-order chi connectivity index (χ1) is 8.65. The summed E-state index contributed by atoms with van der Waals surface area (Å²) in [5.41, 5.74) is 0.555. The van der Waals surface area contributed by atoms with Gasteiger partial charge in [0, 0.05) is 17.4 Å². The van der Waals surface area contributed by atoms with Gasteiger partial charge in [-0.2, -0.15) is 0 Å². The van der Waals surface area contributed by atoms with E-state index in [1.165, 1.54) is 36.8 Å². The van der Waals surface area contributed by atoms with E-state index in [0.29, 0.717) is 11.4 Å². The fourth-order valence-electron chi connectivity index (χ4n) is 1.39. The van der Waals surface area contributed by atoms with Gasteiger partial charge in [0.25, 0.3) is 0 Å². The maximum Gasteiger partial charge on any atom is 0.230 e. The molecular formula is C12H9ClFN3O. The van der Waals surface area contributed by atoms with Crippen molar-refractivity contribution in [3.8, 4) is 0 Å². The van der Waals surface area contributed by atoms with Crippen LogP contribution in [-0.4, -0.2) is 15.9 Å². The number of rotatable bonds is 3. The van der Waals surface area contributed by atoms with E-state index in [9.17, 15) is 9.18 Å². The number of anilines is 1. The van der Waals surface area contributed by atoms with Crippen molar-refractivity contribution >= 4 is 23.3 Å². The molecular weight excluding hydrogens is 257 g/mol. The molecule has 0 unspecified atom stereocenters. The summed E-state index contributed by atoms with van der Waals surface area (Å²) in [5.74, 6) is -0.358. The second-order valence-corrected chi connectivity index (χ2v) is 3.96. The number of carbonyl (C=O) groups is 1. The Morgan fingerprint density at radius 1 is 1.39 bits per heavy atom. The van der Waals surface area contributed by atoms with Crippen molar-refractivity contribution < 1.29 is 9.18 Å². The number of nitrogens with zero attached hydrogens (tertiary/aromatic N) is 2. The van der Waals surface area contributed by atoms with Gasteiger partial charge in [0.1, 0.15) is 5.82 Å². The van der Waals surface area contributed by atoms with Crippen molar-refractivity contribution in [2.45, 2.75) is 6.42 Å². The lowest BCUT2D eigenvalue weighted by Gasteiger charge is -2.05. The van der Waals surface area contributed by atoms with Gasteiger partial charge < -0.3 is 5.32 Å². The summed E-state index contributed by atoms with van der Waals surface area (Å²) in [7, 11) is 0. The lowest BCUT2D eigenvalue weighted by atomic mass is 10.1. The Bertz CT molecular complexity index is 563. The highest BCUT2D eigenvalue weighted by atomic mass is 35.5. The highest BCUT2D eigenvalue weighted by molar-refractivity contribution is 6.31. The summed E-state index contributed by atoms with van der Waals surface area (Å²) in [6.45, 7) is 0. The first-order valence-corrected chi connectivity index (χ1v) is 5.53. The molecule has 0 saturated carbocycles. The molecule has 0 fully saturated rings. The summed E-state index contributed by atoms with van der Waals surface area (Å²) in [6.07, 6.45) is 4.47. The quantitative estimate of drug-likeness (QED) is 0.927. The van der Waals surface area contributed by atoms with Gasteiger partial charge in [0.15, 0.2) is 5.82 Å².